The van der Waals surface area contributed by atoms with Crippen molar-refractivity contribution in [3.63, 3.8) is 0 Å². The normalized spacial score (nSPS) is 22.1. The molecule has 0 unspecified atom stereocenters. The summed E-state index contributed by atoms with van der Waals surface area (Å²) in [5, 5.41) is 6.61. The van der Waals surface area contributed by atoms with E-state index in [2.05, 4.69) is 15.6 Å². The highest BCUT2D eigenvalue weighted by Crippen LogP contribution is 2.47. The average molecular weight is 574 g/mol. The number of aliphatic imine (C=N–C) groups is 1. The summed E-state index contributed by atoms with van der Waals surface area (Å²) in [4.78, 5) is 50.6. The Morgan fingerprint density at radius 1 is 1.00 bits per heavy atom. The van der Waals surface area contributed by atoms with Crippen LogP contribution in [-0.2, 0) is 32.6 Å². The van der Waals surface area contributed by atoms with Crippen molar-refractivity contribution in [3.8, 4) is 0 Å². The fourth-order valence-electron chi connectivity index (χ4n) is 6.68. The fourth-order valence-corrected chi connectivity index (χ4v) is 7.25. The third-order valence-electron chi connectivity index (χ3n) is 8.60. The number of benzene rings is 2. The number of nitrogens with one attached hydrogen (secondary N) is 2. The summed E-state index contributed by atoms with van der Waals surface area (Å²) in [5.41, 5.74) is 2.46. The zero-order valence-electron chi connectivity index (χ0n) is 21.5. The van der Waals surface area contributed by atoms with Crippen molar-refractivity contribution >= 4 is 58.3 Å². The zero-order valence-corrected chi connectivity index (χ0v) is 23.0. The van der Waals surface area contributed by atoms with E-state index in [9.17, 15) is 14.4 Å². The predicted molar refractivity (Wildman–Crippen MR) is 153 cm³/mol. The first kappa shape index (κ1) is 25.2. The molecule has 1 atom stereocenters. The molecule has 0 bridgehead atoms. The highest BCUT2D eigenvalue weighted by atomic mass is 35.5. The fraction of sp³-hybridized carbons (Fsp3) is 0.300. The van der Waals surface area contributed by atoms with E-state index in [1.807, 2.05) is 30.3 Å². The van der Waals surface area contributed by atoms with Crippen LogP contribution in [0.1, 0.15) is 47.9 Å². The molecule has 7 rings (SSSR count). The van der Waals surface area contributed by atoms with E-state index < -0.39 is 11.0 Å². The highest BCUT2D eigenvalue weighted by molar-refractivity contribution is 6.41. The van der Waals surface area contributed by atoms with Crippen LogP contribution in [0.25, 0.3) is 0 Å². The van der Waals surface area contributed by atoms with Crippen molar-refractivity contribution in [1.82, 2.24) is 9.88 Å². The topological polar surface area (TPSA) is 104 Å². The molecule has 4 aliphatic rings. The maximum Gasteiger partial charge on any atom is 0.256 e. The molecule has 2 aliphatic heterocycles. The highest BCUT2D eigenvalue weighted by Gasteiger charge is 2.52. The molecule has 1 saturated carbocycles. The quantitative estimate of drug-likeness (QED) is 0.462. The number of rotatable bonds is 4. The Labute approximate surface area is 240 Å². The molecule has 3 heterocycles. The molecule has 2 spiro atoms. The minimum atomic E-state index is -0.868. The van der Waals surface area contributed by atoms with Gasteiger partial charge < -0.3 is 10.6 Å². The smallest absolute Gasteiger partial charge is 0.256 e. The first-order valence-corrected chi connectivity index (χ1v) is 14.1. The number of carbonyl (C=O) groups excluding carboxylic acids is 3. The summed E-state index contributed by atoms with van der Waals surface area (Å²) in [7, 11) is 0. The van der Waals surface area contributed by atoms with Gasteiger partial charge in [-0.25, -0.2) is 4.98 Å². The molecule has 1 aromatic heterocycles. The Morgan fingerprint density at radius 3 is 2.52 bits per heavy atom. The Bertz CT molecular complexity index is 1630. The molecule has 2 N–H and O–H groups in total. The molecule has 3 aromatic rings. The van der Waals surface area contributed by atoms with Crippen molar-refractivity contribution < 1.29 is 14.4 Å². The lowest BCUT2D eigenvalue weighted by Crippen LogP contribution is -2.45. The van der Waals surface area contributed by atoms with E-state index in [1.54, 1.807) is 24.4 Å². The molecule has 3 amide bonds. The van der Waals surface area contributed by atoms with Gasteiger partial charge in [-0.3, -0.25) is 24.3 Å². The van der Waals surface area contributed by atoms with E-state index in [0.717, 1.165) is 29.5 Å². The molecule has 1 fully saturated rings. The van der Waals surface area contributed by atoms with Crippen molar-refractivity contribution in [1.29, 1.82) is 0 Å². The number of carbonyl (C=O) groups is 3. The number of fused-ring (bicyclic) bond motifs is 3. The zero-order chi connectivity index (χ0) is 27.6. The second kappa shape index (κ2) is 9.14. The van der Waals surface area contributed by atoms with Crippen LogP contribution in [0.2, 0.25) is 10.0 Å². The number of hydrogen-bond donors (Lipinski definition) is 2. The van der Waals surface area contributed by atoms with E-state index in [0.29, 0.717) is 58.6 Å². The van der Waals surface area contributed by atoms with Crippen LogP contribution in [0.3, 0.4) is 0 Å². The monoisotopic (exact) mass is 573 g/mol. The van der Waals surface area contributed by atoms with Crippen molar-refractivity contribution in [2.45, 2.75) is 49.5 Å². The molecule has 0 saturated heterocycles. The molecule has 40 heavy (non-hydrogen) atoms. The Hall–Kier alpha value is -3.75. The van der Waals surface area contributed by atoms with Gasteiger partial charge in [-0.1, -0.05) is 54.2 Å². The molecule has 202 valence electrons. The standard InChI is InChI=1S/C30H25Cl2N5O3/c31-21-6-3-7-22(32)24(21)26-36-30(10-1-2-11-30)28(40)37(26)16-23(38)34-19-9-8-17-14-29(15-18(17)13-19)20-5-4-12-33-25(20)35-27(29)39/h3-9,12-13H,1-2,10-11,14-16H2,(H,34,38)(H,33,35,39)/t29-/m1/s1. The van der Waals surface area contributed by atoms with E-state index >= 15 is 0 Å². The summed E-state index contributed by atoms with van der Waals surface area (Å²) in [6, 6.07) is 14.6. The number of aromatic nitrogens is 1. The minimum absolute atomic E-state index is 0.0542. The van der Waals surface area contributed by atoms with Gasteiger partial charge in [0.05, 0.1) is 21.0 Å². The summed E-state index contributed by atoms with van der Waals surface area (Å²) < 4.78 is 0. The van der Waals surface area contributed by atoms with Crippen LogP contribution in [-0.4, -0.2) is 45.5 Å². The van der Waals surface area contributed by atoms with E-state index in [-0.39, 0.29) is 24.3 Å². The first-order chi connectivity index (χ1) is 19.3. The third-order valence-corrected chi connectivity index (χ3v) is 9.23. The Balaban J connectivity index is 1.13. The van der Waals surface area contributed by atoms with Crippen molar-refractivity contribution in [2.24, 2.45) is 4.99 Å². The second-order valence-electron chi connectivity index (χ2n) is 11.0. The molecule has 2 aromatic carbocycles. The summed E-state index contributed by atoms with van der Waals surface area (Å²) in [6.45, 7) is -0.219. The minimum Gasteiger partial charge on any atom is -0.325 e. The van der Waals surface area contributed by atoms with Gasteiger partial charge in [0.25, 0.3) is 5.91 Å². The molecule has 8 nitrogen and oxygen atoms in total. The lowest BCUT2D eigenvalue weighted by molar-refractivity contribution is -0.133. The maximum atomic E-state index is 13.7. The maximum absolute atomic E-state index is 13.7. The summed E-state index contributed by atoms with van der Waals surface area (Å²) >= 11 is 13.0. The number of amides is 3. The van der Waals surface area contributed by atoms with E-state index in [4.69, 9.17) is 28.2 Å². The number of amidine groups is 1. The van der Waals surface area contributed by atoms with Crippen LogP contribution in [0.15, 0.2) is 59.7 Å². The van der Waals surface area contributed by atoms with Crippen LogP contribution in [0.5, 0.6) is 0 Å². The third kappa shape index (κ3) is 3.77. The van der Waals surface area contributed by atoms with Gasteiger partial charge in [-0.15, -0.1) is 0 Å². The summed E-state index contributed by atoms with van der Waals surface area (Å²) in [6.07, 6.45) is 5.82. The van der Waals surface area contributed by atoms with Crippen molar-refractivity contribution in [2.75, 3.05) is 17.2 Å². The van der Waals surface area contributed by atoms with Crippen LogP contribution in [0.4, 0.5) is 11.5 Å². The Morgan fingerprint density at radius 2 is 1.75 bits per heavy atom. The SMILES string of the molecule is O=C(CN1C(=O)C2(CCCC2)N=C1c1c(Cl)cccc1Cl)Nc1ccc2c(c1)C[C@@]1(C2)C(=O)Nc2ncccc21. The van der Waals surface area contributed by atoms with Gasteiger partial charge in [0, 0.05) is 17.4 Å². The average Bonchev–Trinajstić information content (AvgIpc) is 3.68. The lowest BCUT2D eigenvalue weighted by atomic mass is 9.79. The van der Waals surface area contributed by atoms with Gasteiger partial charge in [-0.05, 0) is 67.1 Å². The van der Waals surface area contributed by atoms with Crippen molar-refractivity contribution in [3.05, 3.63) is 87.0 Å². The van der Waals surface area contributed by atoms with E-state index in [1.165, 1.54) is 4.90 Å². The number of pyridine rings is 1. The molecule has 0 radical (unpaired) electrons. The Kier molecular flexibility index (Phi) is 5.77. The molecule has 2 aliphatic carbocycles. The first-order valence-electron chi connectivity index (χ1n) is 13.3. The molecular formula is C30H25Cl2N5O3. The van der Waals surface area contributed by atoms with Crippen LogP contribution in [0, 0.1) is 0 Å². The lowest BCUT2D eigenvalue weighted by Gasteiger charge is -2.22. The van der Waals surface area contributed by atoms with Gasteiger partial charge in [0.2, 0.25) is 11.8 Å². The largest absolute Gasteiger partial charge is 0.325 e. The molecule has 10 heteroatoms. The summed E-state index contributed by atoms with van der Waals surface area (Å²) in [5.74, 6) is 0.344. The van der Waals surface area contributed by atoms with Crippen LogP contribution < -0.4 is 10.6 Å². The van der Waals surface area contributed by atoms with Gasteiger partial charge in [-0.2, -0.15) is 0 Å². The number of halogens is 2. The second-order valence-corrected chi connectivity index (χ2v) is 11.8. The van der Waals surface area contributed by atoms with Gasteiger partial charge >= 0.3 is 0 Å². The number of hydrogen-bond acceptors (Lipinski definition) is 5. The predicted octanol–water partition coefficient (Wildman–Crippen LogP) is 4.92. The number of anilines is 2. The van der Waals surface area contributed by atoms with Gasteiger partial charge in [0.15, 0.2) is 0 Å². The van der Waals surface area contributed by atoms with Crippen LogP contribution >= 0.6 is 23.2 Å². The molecular weight excluding hydrogens is 549 g/mol. The van der Waals surface area contributed by atoms with Gasteiger partial charge in [0.1, 0.15) is 23.7 Å². The number of nitrogens with zero attached hydrogens (tertiary/aromatic N) is 3.